The van der Waals surface area contributed by atoms with E-state index in [1.807, 2.05) is 13.8 Å². The molecular formula is C16H25F3N4O. The molecule has 1 fully saturated rings. The van der Waals surface area contributed by atoms with Gasteiger partial charge in [-0.25, -0.2) is 0 Å². The van der Waals surface area contributed by atoms with E-state index in [0.717, 1.165) is 10.9 Å². The SMILES string of the molecule is CC1(C)CN(C(=O)c2cnn(C(C)(C)C)c2C(F)(F)F)CCC1N. The first-order chi connectivity index (χ1) is 10.7. The average molecular weight is 346 g/mol. The Kier molecular flexibility index (Phi) is 4.50. The Morgan fingerprint density at radius 3 is 2.38 bits per heavy atom. The fourth-order valence-corrected chi connectivity index (χ4v) is 3.00. The summed E-state index contributed by atoms with van der Waals surface area (Å²) in [6.07, 6.45) is -3.07. The van der Waals surface area contributed by atoms with Gasteiger partial charge in [0.05, 0.1) is 17.3 Å². The summed E-state index contributed by atoms with van der Waals surface area (Å²) in [5.74, 6) is -0.641. The fraction of sp³-hybridized carbons (Fsp3) is 0.750. The number of halogens is 3. The third-order valence-electron chi connectivity index (χ3n) is 4.50. The Morgan fingerprint density at radius 1 is 1.33 bits per heavy atom. The molecule has 24 heavy (non-hydrogen) atoms. The highest BCUT2D eigenvalue weighted by Gasteiger charge is 2.44. The maximum atomic E-state index is 13.6. The smallest absolute Gasteiger partial charge is 0.338 e. The molecule has 0 spiro atoms. The molecule has 5 nitrogen and oxygen atoms in total. The van der Waals surface area contributed by atoms with Gasteiger partial charge < -0.3 is 10.6 Å². The number of hydrogen-bond acceptors (Lipinski definition) is 3. The van der Waals surface area contributed by atoms with Crippen LogP contribution >= 0.6 is 0 Å². The first kappa shape index (κ1) is 18.8. The van der Waals surface area contributed by atoms with E-state index in [-0.39, 0.29) is 11.5 Å². The number of amides is 1. The van der Waals surface area contributed by atoms with Crippen LogP contribution in [-0.4, -0.2) is 39.7 Å². The van der Waals surface area contributed by atoms with Crippen molar-refractivity contribution in [1.82, 2.24) is 14.7 Å². The Labute approximate surface area is 140 Å². The molecule has 8 heteroatoms. The fourth-order valence-electron chi connectivity index (χ4n) is 3.00. The predicted molar refractivity (Wildman–Crippen MR) is 84.5 cm³/mol. The van der Waals surface area contributed by atoms with Crippen LogP contribution in [0.15, 0.2) is 6.20 Å². The highest BCUT2D eigenvalue weighted by atomic mass is 19.4. The molecule has 0 radical (unpaired) electrons. The summed E-state index contributed by atoms with van der Waals surface area (Å²) in [6, 6.07) is -0.0825. The second-order valence-corrected chi connectivity index (χ2v) is 8.10. The first-order valence-electron chi connectivity index (χ1n) is 7.96. The van der Waals surface area contributed by atoms with Gasteiger partial charge in [0.2, 0.25) is 0 Å². The van der Waals surface area contributed by atoms with Gasteiger partial charge in [-0.05, 0) is 32.6 Å². The molecule has 0 aliphatic carbocycles. The van der Waals surface area contributed by atoms with E-state index in [2.05, 4.69) is 5.10 Å². The molecule has 1 aromatic rings. The molecule has 0 saturated carbocycles. The Hall–Kier alpha value is -1.57. The summed E-state index contributed by atoms with van der Waals surface area (Å²) in [7, 11) is 0. The van der Waals surface area contributed by atoms with Crippen molar-refractivity contribution >= 4 is 5.91 Å². The van der Waals surface area contributed by atoms with Crippen molar-refractivity contribution in [3.05, 3.63) is 17.5 Å². The van der Waals surface area contributed by atoms with E-state index in [4.69, 9.17) is 5.73 Å². The van der Waals surface area contributed by atoms with E-state index in [1.165, 1.54) is 4.90 Å². The lowest BCUT2D eigenvalue weighted by molar-refractivity contribution is -0.146. The highest BCUT2D eigenvalue weighted by molar-refractivity contribution is 5.95. The predicted octanol–water partition coefficient (Wildman–Crippen LogP) is 2.86. The zero-order valence-electron chi connectivity index (χ0n) is 14.7. The molecule has 1 saturated heterocycles. The van der Waals surface area contributed by atoms with Gasteiger partial charge in [0.15, 0.2) is 5.69 Å². The summed E-state index contributed by atoms with van der Waals surface area (Å²) >= 11 is 0. The Bertz CT molecular complexity index is 628. The molecule has 0 bridgehead atoms. The van der Waals surface area contributed by atoms with E-state index in [1.54, 1.807) is 20.8 Å². The van der Waals surface area contributed by atoms with Crippen LogP contribution in [0.5, 0.6) is 0 Å². The number of alkyl halides is 3. The van der Waals surface area contributed by atoms with Gasteiger partial charge in [-0.3, -0.25) is 9.48 Å². The van der Waals surface area contributed by atoms with Crippen molar-refractivity contribution in [3.63, 3.8) is 0 Å². The van der Waals surface area contributed by atoms with Crippen LogP contribution < -0.4 is 5.73 Å². The minimum absolute atomic E-state index is 0.0825. The van der Waals surface area contributed by atoms with Crippen molar-refractivity contribution in [3.8, 4) is 0 Å². The number of likely N-dealkylation sites (tertiary alicyclic amines) is 1. The van der Waals surface area contributed by atoms with E-state index in [9.17, 15) is 18.0 Å². The molecule has 2 heterocycles. The molecule has 0 aromatic carbocycles. The maximum absolute atomic E-state index is 13.6. The largest absolute Gasteiger partial charge is 0.433 e. The number of aromatic nitrogens is 2. The minimum atomic E-state index is -4.66. The Morgan fingerprint density at radius 2 is 1.92 bits per heavy atom. The number of nitrogens with two attached hydrogens (primary N) is 1. The van der Waals surface area contributed by atoms with Crippen LogP contribution in [0, 0.1) is 5.41 Å². The zero-order chi connectivity index (χ0) is 18.5. The lowest BCUT2D eigenvalue weighted by Gasteiger charge is -2.42. The summed E-state index contributed by atoms with van der Waals surface area (Å²) in [5, 5.41) is 3.85. The lowest BCUT2D eigenvalue weighted by Crippen LogP contribution is -2.54. The van der Waals surface area contributed by atoms with Crippen LogP contribution in [0.3, 0.4) is 0 Å². The summed E-state index contributed by atoms with van der Waals surface area (Å²) in [4.78, 5) is 14.2. The van der Waals surface area contributed by atoms with Crippen LogP contribution in [-0.2, 0) is 11.7 Å². The van der Waals surface area contributed by atoms with E-state index >= 15 is 0 Å². The van der Waals surface area contributed by atoms with Crippen LogP contribution in [0.1, 0.15) is 57.1 Å². The van der Waals surface area contributed by atoms with Gasteiger partial charge in [0.1, 0.15) is 0 Å². The Balaban J connectivity index is 2.42. The van der Waals surface area contributed by atoms with Crippen LogP contribution in [0.2, 0.25) is 0 Å². The number of carbonyl (C=O) groups is 1. The second-order valence-electron chi connectivity index (χ2n) is 8.10. The third kappa shape index (κ3) is 3.43. The molecule has 1 amide bonds. The van der Waals surface area contributed by atoms with Crippen molar-refractivity contribution in [2.45, 2.75) is 58.8 Å². The average Bonchev–Trinajstić information content (AvgIpc) is 2.85. The molecule has 1 unspecified atom stereocenters. The minimum Gasteiger partial charge on any atom is -0.338 e. The van der Waals surface area contributed by atoms with Gasteiger partial charge in [-0.2, -0.15) is 18.3 Å². The molecule has 2 N–H and O–H groups in total. The summed E-state index contributed by atoms with van der Waals surface area (Å²) in [5.41, 5.74) is 3.42. The molecule has 1 atom stereocenters. The molecule has 136 valence electrons. The number of rotatable bonds is 1. The second kappa shape index (κ2) is 5.75. The molecule has 2 rings (SSSR count). The molecule has 1 aliphatic rings. The summed E-state index contributed by atoms with van der Waals surface area (Å²) < 4.78 is 41.6. The van der Waals surface area contributed by atoms with Gasteiger partial charge in [0.25, 0.3) is 5.91 Å². The molecule has 1 aromatic heterocycles. The maximum Gasteiger partial charge on any atom is 0.433 e. The quantitative estimate of drug-likeness (QED) is 0.850. The first-order valence-corrected chi connectivity index (χ1v) is 7.96. The van der Waals surface area contributed by atoms with Crippen molar-refractivity contribution in [2.24, 2.45) is 11.1 Å². The van der Waals surface area contributed by atoms with Gasteiger partial charge in [0, 0.05) is 19.1 Å². The monoisotopic (exact) mass is 346 g/mol. The van der Waals surface area contributed by atoms with Gasteiger partial charge in [-0.15, -0.1) is 0 Å². The van der Waals surface area contributed by atoms with Crippen molar-refractivity contribution in [1.29, 1.82) is 0 Å². The van der Waals surface area contributed by atoms with E-state index in [0.29, 0.717) is 19.5 Å². The standard InChI is InChI=1S/C16H25F3N4O/c1-14(2,3)23-12(16(17,18)19)10(8-21-23)13(24)22-7-6-11(20)15(4,5)9-22/h8,11H,6-7,9,20H2,1-5H3. The molecule has 1 aliphatic heterocycles. The topological polar surface area (TPSA) is 64.2 Å². The number of carbonyl (C=O) groups excluding carboxylic acids is 1. The molecular weight excluding hydrogens is 321 g/mol. The van der Waals surface area contributed by atoms with Gasteiger partial charge >= 0.3 is 6.18 Å². The van der Waals surface area contributed by atoms with Crippen molar-refractivity contribution < 1.29 is 18.0 Å². The highest BCUT2D eigenvalue weighted by Crippen LogP contribution is 2.36. The summed E-state index contributed by atoms with van der Waals surface area (Å²) in [6.45, 7) is 9.36. The number of hydrogen-bond donors (Lipinski definition) is 1. The third-order valence-corrected chi connectivity index (χ3v) is 4.50. The number of nitrogens with zero attached hydrogens (tertiary/aromatic N) is 3. The van der Waals surface area contributed by atoms with Crippen molar-refractivity contribution in [2.75, 3.05) is 13.1 Å². The van der Waals surface area contributed by atoms with Crippen LogP contribution in [0.25, 0.3) is 0 Å². The van der Waals surface area contributed by atoms with E-state index < -0.39 is 28.9 Å². The zero-order valence-corrected chi connectivity index (χ0v) is 14.7. The number of piperidine rings is 1. The van der Waals surface area contributed by atoms with Crippen LogP contribution in [0.4, 0.5) is 13.2 Å². The van der Waals surface area contributed by atoms with Gasteiger partial charge in [-0.1, -0.05) is 13.8 Å². The lowest BCUT2D eigenvalue weighted by atomic mass is 9.79. The normalized spacial score (nSPS) is 21.9.